The molecular weight excluding hydrogens is 314 g/mol. The Balaban J connectivity index is 1.75. The first kappa shape index (κ1) is 15.3. The summed E-state index contributed by atoms with van der Waals surface area (Å²) in [6, 6.07) is 15.6. The topological polar surface area (TPSA) is 101 Å². The van der Waals surface area contributed by atoms with Gasteiger partial charge in [-0.3, -0.25) is 5.73 Å². The van der Waals surface area contributed by atoms with Crippen molar-refractivity contribution in [3.63, 3.8) is 0 Å². The number of benzene rings is 2. The number of rotatable bonds is 3. The minimum Gasteiger partial charge on any atom is -0.497 e. The lowest BCUT2D eigenvalue weighted by Crippen LogP contribution is -2.60. The number of H-pyrrole nitrogens is 1. The van der Waals surface area contributed by atoms with E-state index in [0.29, 0.717) is 5.84 Å². The van der Waals surface area contributed by atoms with Crippen molar-refractivity contribution in [2.24, 2.45) is 16.5 Å². The fraction of sp³-hybridized carbons (Fsp3) is 0.105. The van der Waals surface area contributed by atoms with Crippen LogP contribution in [0.25, 0.3) is 16.6 Å². The predicted molar refractivity (Wildman–Crippen MR) is 99.9 cm³/mol. The lowest BCUT2D eigenvalue weighted by molar-refractivity contribution is 0.414. The van der Waals surface area contributed by atoms with Crippen molar-refractivity contribution in [2.75, 3.05) is 7.11 Å². The van der Waals surface area contributed by atoms with Crippen molar-refractivity contribution in [3.05, 3.63) is 72.1 Å². The smallest absolute Gasteiger partial charge is 0.171 e. The maximum atomic E-state index is 6.63. The zero-order valence-electron chi connectivity index (χ0n) is 13.8. The molecule has 126 valence electrons. The highest BCUT2D eigenvalue weighted by Gasteiger charge is 2.35. The fourth-order valence-electron chi connectivity index (χ4n) is 3.00. The lowest BCUT2D eigenvalue weighted by Gasteiger charge is -2.35. The highest BCUT2D eigenvalue weighted by molar-refractivity contribution is 5.96. The van der Waals surface area contributed by atoms with Crippen LogP contribution in [0.2, 0.25) is 0 Å². The molecule has 1 aromatic heterocycles. The number of aromatic amines is 1. The molecule has 1 aliphatic rings. The molecule has 25 heavy (non-hydrogen) atoms. The van der Waals surface area contributed by atoms with Crippen LogP contribution in [-0.4, -0.2) is 17.9 Å². The van der Waals surface area contributed by atoms with Crippen LogP contribution in [0.5, 0.6) is 5.75 Å². The van der Waals surface area contributed by atoms with Crippen molar-refractivity contribution in [1.82, 2.24) is 10.3 Å². The molecule has 0 bridgehead atoms. The summed E-state index contributed by atoms with van der Waals surface area (Å²) in [6.07, 6.45) is 3.58. The van der Waals surface area contributed by atoms with Gasteiger partial charge in [-0.1, -0.05) is 18.2 Å². The molecule has 0 saturated heterocycles. The number of aliphatic imine (C=N–C) groups is 1. The first-order chi connectivity index (χ1) is 12.1. The molecule has 0 saturated carbocycles. The van der Waals surface area contributed by atoms with Gasteiger partial charge in [0.2, 0.25) is 0 Å². The summed E-state index contributed by atoms with van der Waals surface area (Å²) in [6.45, 7) is 0. The van der Waals surface area contributed by atoms with Crippen LogP contribution in [-0.2, 0) is 5.66 Å². The summed E-state index contributed by atoms with van der Waals surface area (Å²) < 4.78 is 5.29. The van der Waals surface area contributed by atoms with Gasteiger partial charge in [-0.05, 0) is 35.7 Å². The third-order valence-corrected chi connectivity index (χ3v) is 4.46. The van der Waals surface area contributed by atoms with E-state index in [0.717, 1.165) is 33.5 Å². The summed E-state index contributed by atoms with van der Waals surface area (Å²) in [4.78, 5) is 7.51. The largest absolute Gasteiger partial charge is 0.497 e. The molecule has 2 heterocycles. The van der Waals surface area contributed by atoms with Crippen molar-refractivity contribution >= 4 is 22.4 Å². The monoisotopic (exact) mass is 333 g/mol. The number of nitrogens with one attached hydrogen (secondary N) is 2. The van der Waals surface area contributed by atoms with Crippen LogP contribution in [0.4, 0.5) is 0 Å². The Bertz CT molecular complexity index is 1000. The molecule has 1 atom stereocenters. The van der Waals surface area contributed by atoms with Crippen molar-refractivity contribution in [3.8, 4) is 5.75 Å². The average molecular weight is 333 g/mol. The van der Waals surface area contributed by atoms with Gasteiger partial charge in [0, 0.05) is 22.8 Å². The Hall–Kier alpha value is -3.25. The number of hydrogen-bond acceptors (Lipinski definition) is 5. The average Bonchev–Trinajstić information content (AvgIpc) is 3.12. The van der Waals surface area contributed by atoms with E-state index in [1.807, 2.05) is 54.7 Å². The second-order valence-electron chi connectivity index (χ2n) is 6.00. The van der Waals surface area contributed by atoms with E-state index in [9.17, 15) is 0 Å². The number of aromatic nitrogens is 1. The number of ether oxygens (including phenoxy) is 1. The molecule has 0 radical (unpaired) electrons. The fourth-order valence-corrected chi connectivity index (χ4v) is 3.00. The van der Waals surface area contributed by atoms with E-state index >= 15 is 0 Å². The predicted octanol–water partition coefficient (Wildman–Crippen LogP) is 2.25. The van der Waals surface area contributed by atoms with Crippen LogP contribution in [0.3, 0.4) is 0 Å². The molecule has 6 heteroatoms. The molecular formula is C19H19N5O. The maximum Gasteiger partial charge on any atom is 0.171 e. The van der Waals surface area contributed by atoms with Crippen LogP contribution in [0.1, 0.15) is 11.1 Å². The van der Waals surface area contributed by atoms with Gasteiger partial charge in [-0.2, -0.15) is 0 Å². The minimum atomic E-state index is -1.08. The van der Waals surface area contributed by atoms with Gasteiger partial charge in [0.15, 0.2) is 5.66 Å². The first-order valence-corrected chi connectivity index (χ1v) is 7.93. The Labute approximate surface area is 145 Å². The molecule has 0 aliphatic carbocycles. The first-order valence-electron chi connectivity index (χ1n) is 7.93. The normalized spacial score (nSPS) is 19.9. The Morgan fingerprint density at radius 3 is 2.84 bits per heavy atom. The second kappa shape index (κ2) is 5.68. The number of amidine groups is 1. The van der Waals surface area contributed by atoms with E-state index < -0.39 is 5.66 Å². The SMILES string of the molecule is COc1cccc(C2=CN=C(N)C(N)(c3ccc4[nH]ccc4c3)N2)c1. The van der Waals surface area contributed by atoms with Gasteiger partial charge in [0.1, 0.15) is 11.6 Å². The number of hydrogen-bond donors (Lipinski definition) is 4. The number of nitrogens with two attached hydrogens (primary N) is 2. The van der Waals surface area contributed by atoms with E-state index in [4.69, 9.17) is 16.2 Å². The molecule has 1 aliphatic heterocycles. The van der Waals surface area contributed by atoms with Crippen molar-refractivity contribution < 1.29 is 4.74 Å². The van der Waals surface area contributed by atoms with Gasteiger partial charge in [0.25, 0.3) is 0 Å². The quantitative estimate of drug-likeness (QED) is 0.590. The molecule has 0 fully saturated rings. The number of fused-ring (bicyclic) bond motifs is 1. The molecule has 1 unspecified atom stereocenters. The third kappa shape index (κ3) is 2.53. The summed E-state index contributed by atoms with van der Waals surface area (Å²) in [7, 11) is 1.64. The number of methoxy groups -OCH3 is 1. The van der Waals surface area contributed by atoms with E-state index in [-0.39, 0.29) is 0 Å². The molecule has 6 N–H and O–H groups in total. The van der Waals surface area contributed by atoms with Gasteiger partial charge in [0.05, 0.1) is 19.0 Å². The van der Waals surface area contributed by atoms with Crippen LogP contribution >= 0.6 is 0 Å². The van der Waals surface area contributed by atoms with E-state index in [1.54, 1.807) is 13.3 Å². The van der Waals surface area contributed by atoms with Gasteiger partial charge < -0.3 is 20.8 Å². The molecule has 4 rings (SSSR count). The Morgan fingerprint density at radius 1 is 1.12 bits per heavy atom. The standard InChI is InChI=1S/C19H19N5O/c1-25-15-4-2-3-12(10-15)17-11-23-18(20)19(21,24-17)14-5-6-16-13(9-14)7-8-22-16/h2-11,22,24H,21H2,1H3,(H2,20,23). The van der Waals surface area contributed by atoms with E-state index in [1.165, 1.54) is 0 Å². The summed E-state index contributed by atoms with van der Waals surface area (Å²) in [5.74, 6) is 1.08. The van der Waals surface area contributed by atoms with Crippen LogP contribution in [0, 0.1) is 0 Å². The van der Waals surface area contributed by atoms with Gasteiger partial charge in [-0.15, -0.1) is 0 Å². The highest BCUT2D eigenvalue weighted by atomic mass is 16.5. The summed E-state index contributed by atoms with van der Waals surface area (Å²) in [5, 5.41) is 4.40. The molecule has 3 aromatic rings. The maximum absolute atomic E-state index is 6.63. The van der Waals surface area contributed by atoms with E-state index in [2.05, 4.69) is 15.3 Å². The summed E-state index contributed by atoms with van der Waals surface area (Å²) in [5.41, 5.74) is 15.3. The molecule has 0 amide bonds. The highest BCUT2D eigenvalue weighted by Crippen LogP contribution is 2.28. The van der Waals surface area contributed by atoms with Crippen molar-refractivity contribution in [1.29, 1.82) is 0 Å². The van der Waals surface area contributed by atoms with Gasteiger partial charge in [-0.25, -0.2) is 4.99 Å². The molecule has 2 aromatic carbocycles. The Kier molecular flexibility index (Phi) is 3.47. The number of nitrogens with zero attached hydrogens (tertiary/aromatic N) is 1. The van der Waals surface area contributed by atoms with Gasteiger partial charge >= 0.3 is 0 Å². The van der Waals surface area contributed by atoms with Crippen molar-refractivity contribution in [2.45, 2.75) is 5.66 Å². The van der Waals surface area contributed by atoms with Crippen LogP contribution < -0.4 is 21.5 Å². The zero-order chi connectivity index (χ0) is 17.4. The third-order valence-electron chi connectivity index (χ3n) is 4.46. The zero-order valence-corrected chi connectivity index (χ0v) is 13.8. The second-order valence-corrected chi connectivity index (χ2v) is 6.00. The molecule has 6 nitrogen and oxygen atoms in total. The minimum absolute atomic E-state index is 0.314. The van der Waals surface area contributed by atoms with Crippen LogP contribution in [0.15, 0.2) is 65.9 Å². The lowest BCUT2D eigenvalue weighted by atomic mass is 9.95. The Morgan fingerprint density at radius 2 is 2.00 bits per heavy atom. The summed E-state index contributed by atoms with van der Waals surface area (Å²) >= 11 is 0. The molecule has 0 spiro atoms.